The van der Waals surface area contributed by atoms with Gasteiger partial charge in [-0.2, -0.15) is 0 Å². The van der Waals surface area contributed by atoms with Crippen LogP contribution in [0.2, 0.25) is 0 Å². The van der Waals surface area contributed by atoms with E-state index in [1.165, 1.54) is 4.90 Å². The molecule has 0 unspecified atom stereocenters. The van der Waals surface area contributed by atoms with E-state index in [2.05, 4.69) is 0 Å². The number of rotatable bonds is 2. The predicted octanol–water partition coefficient (Wildman–Crippen LogP) is 1.10. The Labute approximate surface area is 95.0 Å². The fourth-order valence-corrected chi connectivity index (χ4v) is 1.73. The van der Waals surface area contributed by atoms with Gasteiger partial charge in [0.2, 0.25) is 5.91 Å². The number of benzene rings is 1. The molecule has 0 saturated carbocycles. The van der Waals surface area contributed by atoms with Crippen molar-refractivity contribution < 1.29 is 9.59 Å². The Morgan fingerprint density at radius 2 is 1.56 bits per heavy atom. The predicted molar refractivity (Wildman–Crippen MR) is 62.5 cm³/mol. The van der Waals surface area contributed by atoms with Crippen molar-refractivity contribution in [2.45, 2.75) is 13.8 Å². The molecular formula is C12H16N2O2. The summed E-state index contributed by atoms with van der Waals surface area (Å²) in [4.78, 5) is 24.4. The number of nitrogens with two attached hydrogens (primary N) is 1. The number of primary amides is 1. The van der Waals surface area contributed by atoms with Gasteiger partial charge in [-0.3, -0.25) is 9.59 Å². The maximum absolute atomic E-state index is 11.7. The minimum Gasteiger partial charge on any atom is -0.366 e. The first kappa shape index (κ1) is 12.2. The summed E-state index contributed by atoms with van der Waals surface area (Å²) >= 11 is 0. The van der Waals surface area contributed by atoms with Crippen LogP contribution >= 0.6 is 0 Å². The van der Waals surface area contributed by atoms with E-state index in [1.807, 2.05) is 0 Å². The summed E-state index contributed by atoms with van der Waals surface area (Å²) in [6.45, 7) is 3.55. The molecule has 86 valence electrons. The fraction of sp³-hybridized carbons (Fsp3) is 0.333. The summed E-state index contributed by atoms with van der Waals surface area (Å²) in [6.07, 6.45) is 0. The largest absolute Gasteiger partial charge is 0.366 e. The third-order valence-electron chi connectivity index (χ3n) is 2.43. The van der Waals surface area contributed by atoms with E-state index < -0.39 is 5.91 Å². The van der Waals surface area contributed by atoms with Crippen LogP contribution in [-0.4, -0.2) is 30.8 Å². The molecule has 0 aromatic heterocycles. The molecule has 0 fully saturated rings. The molecule has 4 nitrogen and oxygen atoms in total. The second kappa shape index (κ2) is 4.35. The highest BCUT2D eigenvalue weighted by Gasteiger charge is 2.14. The van der Waals surface area contributed by atoms with Gasteiger partial charge in [0.15, 0.2) is 0 Å². The lowest BCUT2D eigenvalue weighted by Crippen LogP contribution is -2.23. The minimum atomic E-state index is -0.459. The third kappa shape index (κ3) is 2.21. The molecule has 0 aliphatic carbocycles. The van der Waals surface area contributed by atoms with Gasteiger partial charge in [-0.1, -0.05) is 0 Å². The molecular weight excluding hydrogens is 204 g/mol. The molecule has 0 bridgehead atoms. The first-order chi connectivity index (χ1) is 7.34. The molecule has 0 atom stereocenters. The van der Waals surface area contributed by atoms with E-state index in [1.54, 1.807) is 40.1 Å². The highest BCUT2D eigenvalue weighted by Crippen LogP contribution is 2.17. The zero-order chi connectivity index (χ0) is 12.5. The molecule has 1 aromatic carbocycles. The normalized spacial score (nSPS) is 10.0. The van der Waals surface area contributed by atoms with Gasteiger partial charge < -0.3 is 10.6 Å². The molecule has 1 aromatic rings. The van der Waals surface area contributed by atoms with Gasteiger partial charge in [0.25, 0.3) is 5.91 Å². The number of amides is 2. The summed E-state index contributed by atoms with van der Waals surface area (Å²) in [5.74, 6) is -0.541. The lowest BCUT2D eigenvalue weighted by molar-refractivity contribution is 0.0826. The van der Waals surface area contributed by atoms with Crippen LogP contribution in [0.1, 0.15) is 31.8 Å². The zero-order valence-electron chi connectivity index (χ0n) is 10.00. The average molecular weight is 220 g/mol. The van der Waals surface area contributed by atoms with Crippen molar-refractivity contribution in [1.82, 2.24) is 4.90 Å². The van der Waals surface area contributed by atoms with Crippen LogP contribution in [0.4, 0.5) is 0 Å². The Balaban J connectivity index is 3.30. The molecule has 0 saturated heterocycles. The van der Waals surface area contributed by atoms with Crippen molar-refractivity contribution in [3.8, 4) is 0 Å². The van der Waals surface area contributed by atoms with Gasteiger partial charge in [0, 0.05) is 25.2 Å². The Hall–Kier alpha value is -1.84. The van der Waals surface area contributed by atoms with Crippen molar-refractivity contribution in [2.75, 3.05) is 14.1 Å². The van der Waals surface area contributed by atoms with Crippen LogP contribution < -0.4 is 5.73 Å². The highest BCUT2D eigenvalue weighted by molar-refractivity contribution is 5.99. The standard InChI is InChI=1S/C12H16N2O2/c1-7-5-9(12(16)14(3)4)6-8(2)10(7)11(13)15/h5-6H,1-4H3,(H2,13,15). The fourth-order valence-electron chi connectivity index (χ4n) is 1.73. The van der Waals surface area contributed by atoms with E-state index in [4.69, 9.17) is 5.73 Å². The number of carbonyl (C=O) groups excluding carboxylic acids is 2. The van der Waals surface area contributed by atoms with Crippen LogP contribution in [0, 0.1) is 13.8 Å². The van der Waals surface area contributed by atoms with Crippen LogP contribution in [0.5, 0.6) is 0 Å². The topological polar surface area (TPSA) is 63.4 Å². The quantitative estimate of drug-likeness (QED) is 0.811. The molecule has 0 aliphatic heterocycles. The Morgan fingerprint density at radius 3 is 1.88 bits per heavy atom. The lowest BCUT2D eigenvalue weighted by Gasteiger charge is -2.13. The van der Waals surface area contributed by atoms with Crippen LogP contribution in [0.3, 0.4) is 0 Å². The van der Waals surface area contributed by atoms with Gasteiger partial charge in [0.1, 0.15) is 0 Å². The lowest BCUT2D eigenvalue weighted by atomic mass is 9.98. The third-order valence-corrected chi connectivity index (χ3v) is 2.43. The number of hydrogen-bond donors (Lipinski definition) is 1. The second-order valence-corrected chi connectivity index (χ2v) is 4.05. The van der Waals surface area contributed by atoms with Crippen molar-refractivity contribution >= 4 is 11.8 Å². The van der Waals surface area contributed by atoms with Gasteiger partial charge in [-0.25, -0.2) is 0 Å². The van der Waals surface area contributed by atoms with Crippen LogP contribution in [-0.2, 0) is 0 Å². The van der Waals surface area contributed by atoms with Crippen LogP contribution in [0.15, 0.2) is 12.1 Å². The molecule has 0 heterocycles. The molecule has 2 amide bonds. The zero-order valence-corrected chi connectivity index (χ0v) is 10.00. The minimum absolute atomic E-state index is 0.0813. The molecule has 4 heteroatoms. The maximum atomic E-state index is 11.7. The molecule has 1 rings (SSSR count). The number of aryl methyl sites for hydroxylation is 2. The maximum Gasteiger partial charge on any atom is 0.253 e. The van der Waals surface area contributed by atoms with Gasteiger partial charge in [-0.15, -0.1) is 0 Å². The second-order valence-electron chi connectivity index (χ2n) is 4.05. The molecule has 16 heavy (non-hydrogen) atoms. The van der Waals surface area contributed by atoms with Crippen molar-refractivity contribution in [2.24, 2.45) is 5.73 Å². The monoisotopic (exact) mass is 220 g/mol. The Morgan fingerprint density at radius 1 is 1.12 bits per heavy atom. The van der Waals surface area contributed by atoms with E-state index in [0.717, 1.165) is 11.1 Å². The smallest absolute Gasteiger partial charge is 0.253 e. The first-order valence-corrected chi connectivity index (χ1v) is 4.97. The summed E-state index contributed by atoms with van der Waals surface area (Å²) in [5.41, 5.74) is 7.80. The molecule has 0 spiro atoms. The molecule has 2 N–H and O–H groups in total. The first-order valence-electron chi connectivity index (χ1n) is 4.97. The van der Waals surface area contributed by atoms with Crippen molar-refractivity contribution in [3.05, 3.63) is 34.4 Å². The average Bonchev–Trinajstić information content (AvgIpc) is 2.14. The number of nitrogens with zero attached hydrogens (tertiary/aromatic N) is 1. The molecule has 0 aliphatic rings. The van der Waals surface area contributed by atoms with Crippen molar-refractivity contribution in [1.29, 1.82) is 0 Å². The SMILES string of the molecule is Cc1cc(C(=O)N(C)C)cc(C)c1C(N)=O. The summed E-state index contributed by atoms with van der Waals surface area (Å²) in [6, 6.07) is 3.38. The summed E-state index contributed by atoms with van der Waals surface area (Å²) in [7, 11) is 3.38. The van der Waals surface area contributed by atoms with E-state index in [0.29, 0.717) is 11.1 Å². The van der Waals surface area contributed by atoms with Gasteiger partial charge in [0.05, 0.1) is 0 Å². The number of carbonyl (C=O) groups is 2. The van der Waals surface area contributed by atoms with Gasteiger partial charge >= 0.3 is 0 Å². The summed E-state index contributed by atoms with van der Waals surface area (Å²) in [5, 5.41) is 0. The van der Waals surface area contributed by atoms with Crippen LogP contribution in [0.25, 0.3) is 0 Å². The van der Waals surface area contributed by atoms with Crippen molar-refractivity contribution in [3.63, 3.8) is 0 Å². The molecule has 0 radical (unpaired) electrons. The van der Waals surface area contributed by atoms with E-state index in [-0.39, 0.29) is 5.91 Å². The van der Waals surface area contributed by atoms with E-state index in [9.17, 15) is 9.59 Å². The number of hydrogen-bond acceptors (Lipinski definition) is 2. The van der Waals surface area contributed by atoms with E-state index >= 15 is 0 Å². The Bertz CT molecular complexity index is 427. The Kier molecular flexibility index (Phi) is 3.32. The van der Waals surface area contributed by atoms with Gasteiger partial charge in [-0.05, 0) is 37.1 Å². The summed E-state index contributed by atoms with van der Waals surface area (Å²) < 4.78 is 0. The highest BCUT2D eigenvalue weighted by atomic mass is 16.2.